The first-order valence-corrected chi connectivity index (χ1v) is 11.4. The van der Waals surface area contributed by atoms with E-state index in [4.69, 9.17) is 9.47 Å². The van der Waals surface area contributed by atoms with E-state index >= 15 is 0 Å². The van der Waals surface area contributed by atoms with Gasteiger partial charge in [0, 0.05) is 37.5 Å². The van der Waals surface area contributed by atoms with Crippen LogP contribution in [0, 0.1) is 6.92 Å². The number of aliphatic hydroxyl groups excluding tert-OH is 1. The largest absolute Gasteiger partial charge is 0.489 e. The van der Waals surface area contributed by atoms with Gasteiger partial charge in [-0.2, -0.15) is 0 Å². The Morgan fingerprint density at radius 2 is 1.82 bits per heavy atom. The van der Waals surface area contributed by atoms with Gasteiger partial charge in [0.15, 0.2) is 0 Å². The second-order valence-electron chi connectivity index (χ2n) is 8.74. The zero-order valence-electron chi connectivity index (χ0n) is 19.3. The van der Waals surface area contributed by atoms with Crippen molar-refractivity contribution in [3.63, 3.8) is 0 Å². The fraction of sp³-hybridized carbons (Fsp3) is 0.370. The number of aryl methyl sites for hydroxylation is 1. The maximum Gasteiger partial charge on any atom is 0.212 e. The summed E-state index contributed by atoms with van der Waals surface area (Å²) in [6, 6.07) is 19.6. The molecule has 4 rings (SSSR count). The van der Waals surface area contributed by atoms with Crippen LogP contribution < -0.4 is 9.47 Å². The molecule has 0 bridgehead atoms. The minimum absolute atomic E-state index is 0.518. The first kappa shape index (κ1) is 23.2. The maximum absolute atomic E-state index is 11.1. The zero-order valence-corrected chi connectivity index (χ0v) is 19.3. The summed E-state index contributed by atoms with van der Waals surface area (Å²) in [5.74, 6) is 1.36. The number of benzene rings is 2. The highest BCUT2D eigenvalue weighted by atomic mass is 16.5. The number of β-amino-alcohol motifs (C(OH)–C–C–N with tert-alkyl or cyclic N) is 1. The predicted octanol–water partition coefficient (Wildman–Crippen LogP) is 3.99. The lowest BCUT2D eigenvalue weighted by molar-refractivity contribution is -0.0347. The van der Waals surface area contributed by atoms with Crippen LogP contribution in [-0.4, -0.2) is 46.8 Å². The Kier molecular flexibility index (Phi) is 7.28. The van der Waals surface area contributed by atoms with Gasteiger partial charge in [0.25, 0.3) is 0 Å². The molecule has 0 saturated carbocycles. The van der Waals surface area contributed by atoms with Crippen molar-refractivity contribution in [3.05, 3.63) is 89.1 Å². The van der Waals surface area contributed by atoms with Crippen LogP contribution in [0.3, 0.4) is 0 Å². The van der Waals surface area contributed by atoms with Crippen LogP contribution in [0.15, 0.2) is 66.9 Å². The molecule has 6 heteroatoms. The molecule has 0 radical (unpaired) electrons. The molecule has 1 unspecified atom stereocenters. The van der Waals surface area contributed by atoms with Crippen LogP contribution >= 0.6 is 0 Å². The van der Waals surface area contributed by atoms with Crippen molar-refractivity contribution >= 4 is 0 Å². The van der Waals surface area contributed by atoms with Crippen molar-refractivity contribution in [2.24, 2.45) is 0 Å². The van der Waals surface area contributed by atoms with E-state index in [0.29, 0.717) is 45.0 Å². The highest BCUT2D eigenvalue weighted by molar-refractivity contribution is 5.37. The molecule has 1 atom stereocenters. The maximum atomic E-state index is 11.1. The van der Waals surface area contributed by atoms with Crippen LogP contribution in [0.2, 0.25) is 0 Å². The Balaban J connectivity index is 1.31. The summed E-state index contributed by atoms with van der Waals surface area (Å²) in [4.78, 5) is 6.42. The second kappa shape index (κ2) is 10.3. The number of ether oxygens (including phenoxy) is 2. The number of pyridine rings is 1. The zero-order chi connectivity index (χ0) is 23.3. The molecule has 3 aromatic rings. The Bertz CT molecular complexity index is 1030. The summed E-state index contributed by atoms with van der Waals surface area (Å²) in [6.07, 6.45) is 2.28. The van der Waals surface area contributed by atoms with Gasteiger partial charge < -0.3 is 24.6 Å². The van der Waals surface area contributed by atoms with Gasteiger partial charge in [-0.15, -0.1) is 0 Å². The minimum Gasteiger partial charge on any atom is -0.489 e. The fourth-order valence-corrected chi connectivity index (χ4v) is 4.30. The van der Waals surface area contributed by atoms with Gasteiger partial charge in [-0.05, 0) is 54.7 Å². The molecule has 33 heavy (non-hydrogen) atoms. The first-order chi connectivity index (χ1) is 16.0. The predicted molar refractivity (Wildman–Crippen MR) is 127 cm³/mol. The molecule has 2 aromatic carbocycles. The molecule has 2 heterocycles. The molecule has 2 N–H and O–H groups in total. The van der Waals surface area contributed by atoms with Crippen LogP contribution in [0.5, 0.6) is 11.6 Å². The number of nitrogens with zero attached hydrogens (tertiary/aromatic N) is 2. The van der Waals surface area contributed by atoms with Gasteiger partial charge in [-0.25, -0.2) is 4.98 Å². The summed E-state index contributed by atoms with van der Waals surface area (Å²) in [7, 11) is 1.58. The molecular weight excluding hydrogens is 416 g/mol. The summed E-state index contributed by atoms with van der Waals surface area (Å²) in [5, 5.41) is 21.9. The quantitative estimate of drug-likeness (QED) is 0.543. The Labute approximate surface area is 195 Å². The first-order valence-electron chi connectivity index (χ1n) is 11.4. The monoisotopic (exact) mass is 448 g/mol. The Morgan fingerprint density at radius 1 is 1.06 bits per heavy atom. The molecule has 6 nitrogen and oxygen atoms in total. The van der Waals surface area contributed by atoms with Crippen molar-refractivity contribution in [2.45, 2.75) is 38.1 Å². The number of hydrogen-bond acceptors (Lipinski definition) is 6. The summed E-state index contributed by atoms with van der Waals surface area (Å²) in [6.45, 7) is 4.46. The molecule has 1 aliphatic rings. The van der Waals surface area contributed by atoms with E-state index in [-0.39, 0.29) is 0 Å². The highest BCUT2D eigenvalue weighted by Crippen LogP contribution is 2.34. The van der Waals surface area contributed by atoms with E-state index in [1.807, 2.05) is 61.5 Å². The minimum atomic E-state index is -0.894. The molecule has 0 aliphatic carbocycles. The normalized spacial score (nSPS) is 16.8. The van der Waals surface area contributed by atoms with E-state index in [2.05, 4.69) is 9.88 Å². The fourth-order valence-electron chi connectivity index (χ4n) is 4.30. The number of aromatic nitrogens is 1. The summed E-state index contributed by atoms with van der Waals surface area (Å²) < 4.78 is 11.1. The molecule has 0 amide bonds. The van der Waals surface area contributed by atoms with Gasteiger partial charge in [0.1, 0.15) is 12.4 Å². The topological polar surface area (TPSA) is 75.1 Å². The second-order valence-corrected chi connectivity index (χ2v) is 8.74. The molecule has 174 valence electrons. The summed E-state index contributed by atoms with van der Waals surface area (Å²) in [5.41, 5.74) is 2.92. The third-order valence-electron chi connectivity index (χ3n) is 6.42. The van der Waals surface area contributed by atoms with Crippen molar-refractivity contribution in [3.8, 4) is 11.6 Å². The number of methoxy groups -OCH3 is 1. The Morgan fingerprint density at radius 3 is 2.45 bits per heavy atom. The van der Waals surface area contributed by atoms with E-state index in [1.54, 1.807) is 19.4 Å². The number of piperidine rings is 1. The SMILES string of the molecule is COc1ccc(C2(O)CCN(CC(O)c3ccc(OCc4ccccc4)c(C)c3)CC2)cn1. The van der Waals surface area contributed by atoms with Gasteiger partial charge in [-0.3, -0.25) is 0 Å². The summed E-state index contributed by atoms with van der Waals surface area (Å²) >= 11 is 0. The van der Waals surface area contributed by atoms with Crippen molar-refractivity contribution in [2.75, 3.05) is 26.7 Å². The van der Waals surface area contributed by atoms with Gasteiger partial charge in [-0.1, -0.05) is 36.4 Å². The number of likely N-dealkylation sites (tertiary alicyclic amines) is 1. The molecule has 0 spiro atoms. The molecule has 1 aliphatic heterocycles. The third-order valence-corrected chi connectivity index (χ3v) is 6.42. The molecule has 1 fully saturated rings. The van der Waals surface area contributed by atoms with E-state index in [9.17, 15) is 10.2 Å². The molecule has 1 saturated heterocycles. The van der Waals surface area contributed by atoms with Crippen LogP contribution in [0.25, 0.3) is 0 Å². The lowest BCUT2D eigenvalue weighted by Gasteiger charge is -2.39. The van der Waals surface area contributed by atoms with E-state index < -0.39 is 11.7 Å². The molecular formula is C27H32N2O4. The third kappa shape index (κ3) is 5.71. The number of aliphatic hydroxyl groups is 2. The van der Waals surface area contributed by atoms with Crippen molar-refractivity contribution in [1.82, 2.24) is 9.88 Å². The standard InChI is InChI=1S/C27H32N2O4/c1-20-16-22(8-10-25(20)33-19-21-6-4-3-5-7-21)24(30)18-29-14-12-27(31,13-15-29)23-9-11-26(32-2)28-17-23/h3-11,16-17,24,30-31H,12-15,18-19H2,1-2H3. The van der Waals surface area contributed by atoms with Crippen LogP contribution in [0.1, 0.15) is 41.2 Å². The molecule has 1 aromatic heterocycles. The van der Waals surface area contributed by atoms with Gasteiger partial charge in [0.2, 0.25) is 5.88 Å². The lowest BCUT2D eigenvalue weighted by atomic mass is 9.85. The van der Waals surface area contributed by atoms with Crippen molar-refractivity contribution < 1.29 is 19.7 Å². The average molecular weight is 449 g/mol. The number of rotatable bonds is 8. The van der Waals surface area contributed by atoms with Gasteiger partial charge >= 0.3 is 0 Å². The smallest absolute Gasteiger partial charge is 0.212 e. The van der Waals surface area contributed by atoms with E-state index in [0.717, 1.165) is 28.0 Å². The number of hydrogen-bond donors (Lipinski definition) is 2. The highest BCUT2D eigenvalue weighted by Gasteiger charge is 2.34. The Hall–Kier alpha value is -2.93. The lowest BCUT2D eigenvalue weighted by Crippen LogP contribution is -2.44. The van der Waals surface area contributed by atoms with Gasteiger partial charge in [0.05, 0.1) is 18.8 Å². The van der Waals surface area contributed by atoms with Crippen LogP contribution in [0.4, 0.5) is 0 Å². The average Bonchev–Trinajstić information content (AvgIpc) is 2.85. The van der Waals surface area contributed by atoms with Crippen LogP contribution in [-0.2, 0) is 12.2 Å². The van der Waals surface area contributed by atoms with Crippen molar-refractivity contribution in [1.29, 1.82) is 0 Å². The van der Waals surface area contributed by atoms with E-state index in [1.165, 1.54) is 0 Å².